The second-order valence-corrected chi connectivity index (χ2v) is 6.32. The van der Waals surface area contributed by atoms with Gasteiger partial charge in [0.05, 0.1) is 12.4 Å². The van der Waals surface area contributed by atoms with Gasteiger partial charge >= 0.3 is 0 Å². The Morgan fingerprint density at radius 2 is 1.92 bits per heavy atom. The molecule has 7 nitrogen and oxygen atoms in total. The molecule has 1 aromatic carbocycles. The summed E-state index contributed by atoms with van der Waals surface area (Å²) in [5, 5.41) is 6.10. The Morgan fingerprint density at radius 3 is 2.65 bits per heavy atom. The molecule has 1 heterocycles. The van der Waals surface area contributed by atoms with Gasteiger partial charge in [0, 0.05) is 23.7 Å². The van der Waals surface area contributed by atoms with Crippen LogP contribution in [0, 0.1) is 11.7 Å². The number of amides is 2. The Balaban J connectivity index is 1.59. The SMILES string of the molecule is NC(=O)c1cccc(C(=O)NC2CCCC2CNc2ncc(F)cn2)c1. The molecule has 2 amide bonds. The van der Waals surface area contributed by atoms with Crippen LogP contribution in [0.15, 0.2) is 36.7 Å². The molecule has 1 aliphatic carbocycles. The van der Waals surface area contributed by atoms with E-state index in [4.69, 9.17) is 5.73 Å². The minimum Gasteiger partial charge on any atom is -0.366 e. The van der Waals surface area contributed by atoms with Crippen molar-refractivity contribution >= 4 is 17.8 Å². The van der Waals surface area contributed by atoms with Gasteiger partial charge in [-0.2, -0.15) is 0 Å². The predicted molar refractivity (Wildman–Crippen MR) is 94.0 cm³/mol. The Hall–Kier alpha value is -3.03. The van der Waals surface area contributed by atoms with Crippen LogP contribution >= 0.6 is 0 Å². The van der Waals surface area contributed by atoms with Crippen LogP contribution in [-0.2, 0) is 0 Å². The third-order valence-electron chi connectivity index (χ3n) is 4.53. The summed E-state index contributed by atoms with van der Waals surface area (Å²) in [5.41, 5.74) is 5.96. The number of carbonyl (C=O) groups excluding carboxylic acids is 2. The first kappa shape index (κ1) is 17.8. The smallest absolute Gasteiger partial charge is 0.251 e. The van der Waals surface area contributed by atoms with Gasteiger partial charge < -0.3 is 16.4 Å². The monoisotopic (exact) mass is 357 g/mol. The van der Waals surface area contributed by atoms with Crippen LogP contribution in [0.3, 0.4) is 0 Å². The van der Waals surface area contributed by atoms with Gasteiger partial charge in [0.15, 0.2) is 5.82 Å². The number of nitrogens with zero attached hydrogens (tertiary/aromatic N) is 2. The Morgan fingerprint density at radius 1 is 1.19 bits per heavy atom. The zero-order valence-corrected chi connectivity index (χ0v) is 14.1. The lowest BCUT2D eigenvalue weighted by Gasteiger charge is -2.21. The predicted octanol–water partition coefficient (Wildman–Crippen LogP) is 1.73. The zero-order chi connectivity index (χ0) is 18.5. The minimum absolute atomic E-state index is 0.00711. The quantitative estimate of drug-likeness (QED) is 0.729. The van der Waals surface area contributed by atoms with E-state index in [0.29, 0.717) is 23.6 Å². The minimum atomic E-state index is -0.568. The molecule has 0 saturated heterocycles. The molecule has 0 bridgehead atoms. The van der Waals surface area contributed by atoms with Crippen LogP contribution in [0.4, 0.5) is 10.3 Å². The van der Waals surface area contributed by atoms with E-state index in [9.17, 15) is 14.0 Å². The Kier molecular flexibility index (Phi) is 5.40. The lowest BCUT2D eigenvalue weighted by atomic mass is 10.0. The molecular weight excluding hydrogens is 337 g/mol. The highest BCUT2D eigenvalue weighted by molar-refractivity contribution is 5.99. The number of primary amides is 1. The van der Waals surface area contributed by atoms with E-state index in [1.807, 2.05) is 0 Å². The number of carbonyl (C=O) groups is 2. The molecule has 1 saturated carbocycles. The molecule has 0 spiro atoms. The molecule has 136 valence electrons. The first-order valence-electron chi connectivity index (χ1n) is 8.45. The third kappa shape index (κ3) is 4.33. The Bertz CT molecular complexity index is 796. The molecule has 1 fully saturated rings. The van der Waals surface area contributed by atoms with Gasteiger partial charge in [-0.1, -0.05) is 12.5 Å². The number of hydrogen-bond donors (Lipinski definition) is 3. The van der Waals surface area contributed by atoms with Crippen LogP contribution in [0.5, 0.6) is 0 Å². The molecule has 2 atom stereocenters. The van der Waals surface area contributed by atoms with Crippen molar-refractivity contribution in [3.8, 4) is 0 Å². The van der Waals surface area contributed by atoms with Crippen LogP contribution in [0.2, 0.25) is 0 Å². The molecule has 4 N–H and O–H groups in total. The molecule has 8 heteroatoms. The van der Waals surface area contributed by atoms with Crippen molar-refractivity contribution in [3.05, 3.63) is 53.6 Å². The molecule has 3 rings (SSSR count). The van der Waals surface area contributed by atoms with Crippen LogP contribution < -0.4 is 16.4 Å². The number of nitrogens with one attached hydrogen (secondary N) is 2. The summed E-state index contributed by atoms with van der Waals surface area (Å²) in [7, 11) is 0. The van der Waals surface area contributed by atoms with Gasteiger partial charge in [-0.3, -0.25) is 9.59 Å². The topological polar surface area (TPSA) is 110 Å². The highest BCUT2D eigenvalue weighted by atomic mass is 19.1. The number of benzene rings is 1. The van der Waals surface area contributed by atoms with Gasteiger partial charge in [0.2, 0.25) is 11.9 Å². The molecule has 1 aromatic heterocycles. The maximum atomic E-state index is 12.8. The standard InChI is InChI=1S/C18H20FN5O2/c19-14-9-22-18(23-10-14)21-8-13-5-2-6-15(13)24-17(26)12-4-1-3-11(7-12)16(20)25/h1,3-4,7,9-10,13,15H,2,5-6,8H2,(H2,20,25)(H,24,26)(H,21,22,23). The molecule has 1 aliphatic rings. The zero-order valence-electron chi connectivity index (χ0n) is 14.1. The first-order chi connectivity index (χ1) is 12.5. The van der Waals surface area contributed by atoms with Gasteiger partial charge in [0.25, 0.3) is 5.91 Å². The number of rotatable bonds is 6. The third-order valence-corrected chi connectivity index (χ3v) is 4.53. The van der Waals surface area contributed by atoms with Crippen LogP contribution in [0.1, 0.15) is 40.0 Å². The normalized spacial score (nSPS) is 19.1. The van der Waals surface area contributed by atoms with Crippen molar-refractivity contribution in [2.45, 2.75) is 25.3 Å². The summed E-state index contributed by atoms with van der Waals surface area (Å²) in [6, 6.07) is 6.36. The fourth-order valence-electron chi connectivity index (χ4n) is 3.16. The van der Waals surface area contributed by atoms with Gasteiger partial charge in [-0.15, -0.1) is 0 Å². The largest absolute Gasteiger partial charge is 0.366 e. The molecule has 26 heavy (non-hydrogen) atoms. The molecular formula is C18H20FN5O2. The average Bonchev–Trinajstić information content (AvgIpc) is 3.08. The van der Waals surface area contributed by atoms with Crippen molar-refractivity contribution in [3.63, 3.8) is 0 Å². The van der Waals surface area contributed by atoms with E-state index in [1.54, 1.807) is 18.2 Å². The number of hydrogen-bond acceptors (Lipinski definition) is 5. The van der Waals surface area contributed by atoms with Crippen molar-refractivity contribution < 1.29 is 14.0 Å². The van der Waals surface area contributed by atoms with Crippen LogP contribution in [0.25, 0.3) is 0 Å². The summed E-state index contributed by atoms with van der Waals surface area (Å²) in [6.45, 7) is 0.581. The lowest BCUT2D eigenvalue weighted by molar-refractivity contribution is 0.0929. The summed E-state index contributed by atoms with van der Waals surface area (Å²) >= 11 is 0. The molecule has 2 unspecified atom stereocenters. The van der Waals surface area contributed by atoms with E-state index in [0.717, 1.165) is 31.7 Å². The number of nitrogens with two attached hydrogens (primary N) is 1. The van der Waals surface area contributed by atoms with E-state index in [1.165, 1.54) is 6.07 Å². The Labute approximate surface area is 150 Å². The van der Waals surface area contributed by atoms with E-state index >= 15 is 0 Å². The lowest BCUT2D eigenvalue weighted by Crippen LogP contribution is -2.39. The molecule has 0 aliphatic heterocycles. The number of anilines is 1. The first-order valence-corrected chi connectivity index (χ1v) is 8.45. The number of aromatic nitrogens is 2. The van der Waals surface area contributed by atoms with Crippen molar-refractivity contribution in [1.29, 1.82) is 0 Å². The molecule has 0 radical (unpaired) electrons. The van der Waals surface area contributed by atoms with Crippen molar-refractivity contribution in [2.24, 2.45) is 11.7 Å². The highest BCUT2D eigenvalue weighted by Crippen LogP contribution is 2.26. The average molecular weight is 357 g/mol. The second-order valence-electron chi connectivity index (χ2n) is 6.32. The van der Waals surface area contributed by atoms with E-state index in [-0.39, 0.29) is 17.9 Å². The maximum absolute atomic E-state index is 12.8. The summed E-state index contributed by atoms with van der Waals surface area (Å²) in [5.74, 6) is -0.714. The summed E-state index contributed by atoms with van der Waals surface area (Å²) in [4.78, 5) is 31.5. The highest BCUT2D eigenvalue weighted by Gasteiger charge is 2.29. The fourth-order valence-corrected chi connectivity index (χ4v) is 3.16. The van der Waals surface area contributed by atoms with Gasteiger partial charge in [-0.05, 0) is 37.0 Å². The fraction of sp³-hybridized carbons (Fsp3) is 0.333. The van der Waals surface area contributed by atoms with Crippen molar-refractivity contribution in [1.82, 2.24) is 15.3 Å². The second kappa shape index (κ2) is 7.90. The van der Waals surface area contributed by atoms with E-state index < -0.39 is 11.7 Å². The van der Waals surface area contributed by atoms with Crippen molar-refractivity contribution in [2.75, 3.05) is 11.9 Å². The van der Waals surface area contributed by atoms with Gasteiger partial charge in [-0.25, -0.2) is 14.4 Å². The molecule has 2 aromatic rings. The van der Waals surface area contributed by atoms with Crippen LogP contribution in [-0.4, -0.2) is 34.4 Å². The number of halogens is 1. The summed E-state index contributed by atoms with van der Waals surface area (Å²) in [6.07, 6.45) is 5.05. The van der Waals surface area contributed by atoms with Gasteiger partial charge in [0.1, 0.15) is 0 Å². The van der Waals surface area contributed by atoms with E-state index in [2.05, 4.69) is 20.6 Å². The maximum Gasteiger partial charge on any atom is 0.251 e. The summed E-state index contributed by atoms with van der Waals surface area (Å²) < 4.78 is 12.8.